The summed E-state index contributed by atoms with van der Waals surface area (Å²) in [6, 6.07) is 12.2. The third kappa shape index (κ3) is 4.03. The van der Waals surface area contributed by atoms with Crippen molar-refractivity contribution in [3.8, 4) is 11.3 Å². The lowest BCUT2D eigenvalue weighted by Crippen LogP contribution is -2.39. The third-order valence-electron chi connectivity index (χ3n) is 5.27. The number of morpholine rings is 1. The number of aryl methyl sites for hydroxylation is 1. The lowest BCUT2D eigenvalue weighted by Gasteiger charge is -2.26. The second-order valence-electron chi connectivity index (χ2n) is 7.19. The topological polar surface area (TPSA) is 103 Å². The number of hydrogen-bond donors (Lipinski definition) is 1. The molecule has 0 saturated carbocycles. The Labute approximate surface area is 173 Å². The van der Waals surface area contributed by atoms with Gasteiger partial charge in [0.15, 0.2) is 0 Å². The second-order valence-corrected chi connectivity index (χ2v) is 7.19. The predicted octanol–water partition coefficient (Wildman–Crippen LogP) is 2.25. The molecule has 0 spiro atoms. The molecule has 2 aromatic carbocycles. The van der Waals surface area contributed by atoms with Gasteiger partial charge in [0.1, 0.15) is 5.69 Å². The highest BCUT2D eigenvalue weighted by molar-refractivity contribution is 5.94. The number of fused-ring (bicyclic) bond motifs is 1. The standard InChI is InChI=1S/C21H23N5O4/c1-24-21(27)17-5-3-2-4-16(17)20(23-24)15-6-7-18(19(14-15)26(28)29)22-8-9-25-10-12-30-13-11-25/h2-7,14,22H,8-13H2,1H3. The van der Waals surface area contributed by atoms with Gasteiger partial charge in [0.25, 0.3) is 11.2 Å². The minimum absolute atomic E-state index is 0.0192. The molecule has 9 nitrogen and oxygen atoms in total. The molecular weight excluding hydrogens is 386 g/mol. The number of nitro benzene ring substituents is 1. The number of anilines is 1. The fraction of sp³-hybridized carbons (Fsp3) is 0.333. The Kier molecular flexibility index (Phi) is 5.73. The summed E-state index contributed by atoms with van der Waals surface area (Å²) in [6.07, 6.45) is 0. The number of rotatable bonds is 6. The van der Waals surface area contributed by atoms with Gasteiger partial charge in [-0.25, -0.2) is 4.68 Å². The van der Waals surface area contributed by atoms with Gasteiger partial charge in [-0.2, -0.15) is 5.10 Å². The van der Waals surface area contributed by atoms with Gasteiger partial charge in [-0.1, -0.05) is 24.3 Å². The Bertz CT molecular complexity index is 1140. The zero-order valence-corrected chi connectivity index (χ0v) is 16.7. The normalized spacial score (nSPS) is 14.7. The van der Waals surface area contributed by atoms with Crippen molar-refractivity contribution in [3.05, 3.63) is 62.9 Å². The van der Waals surface area contributed by atoms with Crippen molar-refractivity contribution in [2.75, 3.05) is 44.7 Å². The van der Waals surface area contributed by atoms with Crippen molar-refractivity contribution in [3.63, 3.8) is 0 Å². The Morgan fingerprint density at radius 2 is 1.90 bits per heavy atom. The summed E-state index contributed by atoms with van der Waals surface area (Å²) in [7, 11) is 1.58. The minimum atomic E-state index is -0.398. The molecule has 1 aliphatic heterocycles. The molecule has 1 aliphatic rings. The number of nitrogens with one attached hydrogen (secondary N) is 1. The van der Waals surface area contributed by atoms with E-state index in [4.69, 9.17) is 4.74 Å². The average molecular weight is 409 g/mol. The molecule has 0 unspecified atom stereocenters. The van der Waals surface area contributed by atoms with E-state index in [1.165, 1.54) is 10.7 Å². The Morgan fingerprint density at radius 1 is 1.17 bits per heavy atom. The van der Waals surface area contributed by atoms with Gasteiger partial charge in [0, 0.05) is 50.2 Å². The van der Waals surface area contributed by atoms with E-state index in [2.05, 4.69) is 15.3 Å². The molecular formula is C21H23N5O4. The predicted molar refractivity (Wildman–Crippen MR) is 115 cm³/mol. The van der Waals surface area contributed by atoms with Crippen molar-refractivity contribution >= 4 is 22.1 Å². The molecule has 1 saturated heterocycles. The first-order valence-corrected chi connectivity index (χ1v) is 9.83. The molecule has 2 heterocycles. The smallest absolute Gasteiger partial charge is 0.292 e. The highest BCUT2D eigenvalue weighted by atomic mass is 16.6. The fourth-order valence-electron chi connectivity index (χ4n) is 3.67. The lowest BCUT2D eigenvalue weighted by atomic mass is 10.0. The van der Waals surface area contributed by atoms with E-state index in [0.29, 0.717) is 34.3 Å². The van der Waals surface area contributed by atoms with Crippen LogP contribution in [0.4, 0.5) is 11.4 Å². The van der Waals surface area contributed by atoms with Gasteiger partial charge in [-0.3, -0.25) is 19.8 Å². The van der Waals surface area contributed by atoms with Crippen molar-refractivity contribution < 1.29 is 9.66 Å². The maximum absolute atomic E-state index is 12.4. The van der Waals surface area contributed by atoms with Crippen LogP contribution in [0.25, 0.3) is 22.0 Å². The number of hydrogen-bond acceptors (Lipinski definition) is 7. The van der Waals surface area contributed by atoms with Crippen molar-refractivity contribution in [1.82, 2.24) is 14.7 Å². The van der Waals surface area contributed by atoms with Crippen LogP contribution in [0.2, 0.25) is 0 Å². The van der Waals surface area contributed by atoms with Gasteiger partial charge in [-0.15, -0.1) is 0 Å². The van der Waals surface area contributed by atoms with Gasteiger partial charge in [-0.05, 0) is 12.1 Å². The summed E-state index contributed by atoms with van der Waals surface area (Å²) in [5.74, 6) is 0. The molecule has 9 heteroatoms. The van der Waals surface area contributed by atoms with Crippen LogP contribution in [0.5, 0.6) is 0 Å². The molecule has 0 radical (unpaired) electrons. The molecule has 4 rings (SSSR count). The maximum atomic E-state index is 12.4. The van der Waals surface area contributed by atoms with E-state index in [0.717, 1.165) is 32.8 Å². The van der Waals surface area contributed by atoms with Crippen LogP contribution in [0.15, 0.2) is 47.3 Å². The van der Waals surface area contributed by atoms with Crippen molar-refractivity contribution in [2.45, 2.75) is 0 Å². The number of nitrogens with zero attached hydrogens (tertiary/aromatic N) is 4. The quantitative estimate of drug-likeness (QED) is 0.492. The van der Waals surface area contributed by atoms with Crippen molar-refractivity contribution in [2.24, 2.45) is 7.05 Å². The van der Waals surface area contributed by atoms with E-state index < -0.39 is 4.92 Å². The largest absolute Gasteiger partial charge is 0.379 e. The Morgan fingerprint density at radius 3 is 2.63 bits per heavy atom. The highest BCUT2D eigenvalue weighted by Crippen LogP contribution is 2.32. The molecule has 1 fully saturated rings. The monoisotopic (exact) mass is 409 g/mol. The first kappa shape index (κ1) is 20.0. The molecule has 0 atom stereocenters. The number of benzene rings is 2. The summed E-state index contributed by atoms with van der Waals surface area (Å²) in [4.78, 5) is 25.9. The fourth-order valence-corrected chi connectivity index (χ4v) is 3.67. The molecule has 0 aliphatic carbocycles. The van der Waals surface area contributed by atoms with Crippen LogP contribution in [0.3, 0.4) is 0 Å². The van der Waals surface area contributed by atoms with Gasteiger partial charge in [0.05, 0.1) is 29.2 Å². The van der Waals surface area contributed by atoms with Crippen LogP contribution in [-0.2, 0) is 11.8 Å². The summed E-state index contributed by atoms with van der Waals surface area (Å²) in [6.45, 7) is 4.56. The molecule has 30 heavy (non-hydrogen) atoms. The number of nitro groups is 1. The molecule has 1 aromatic heterocycles. The van der Waals surface area contributed by atoms with Crippen LogP contribution in [-0.4, -0.2) is 59.0 Å². The number of aromatic nitrogens is 2. The zero-order chi connectivity index (χ0) is 21.1. The van der Waals surface area contributed by atoms with E-state index in [1.54, 1.807) is 37.4 Å². The van der Waals surface area contributed by atoms with E-state index in [1.807, 2.05) is 6.07 Å². The molecule has 3 aromatic rings. The first-order chi connectivity index (χ1) is 14.5. The maximum Gasteiger partial charge on any atom is 0.292 e. The first-order valence-electron chi connectivity index (χ1n) is 9.83. The summed E-state index contributed by atoms with van der Waals surface area (Å²) >= 11 is 0. The lowest BCUT2D eigenvalue weighted by molar-refractivity contribution is -0.383. The summed E-state index contributed by atoms with van der Waals surface area (Å²) in [5, 5.41) is 20.5. The van der Waals surface area contributed by atoms with Gasteiger partial charge < -0.3 is 10.1 Å². The summed E-state index contributed by atoms with van der Waals surface area (Å²) < 4.78 is 6.60. The van der Waals surface area contributed by atoms with Crippen LogP contribution in [0.1, 0.15) is 0 Å². The Balaban J connectivity index is 1.64. The molecule has 0 amide bonds. The van der Waals surface area contributed by atoms with Gasteiger partial charge in [0.2, 0.25) is 0 Å². The second kappa shape index (κ2) is 8.60. The van der Waals surface area contributed by atoms with Crippen molar-refractivity contribution in [1.29, 1.82) is 0 Å². The number of ether oxygens (including phenoxy) is 1. The Hall–Kier alpha value is -3.30. The zero-order valence-electron chi connectivity index (χ0n) is 16.7. The average Bonchev–Trinajstić information content (AvgIpc) is 2.77. The molecule has 1 N–H and O–H groups in total. The highest BCUT2D eigenvalue weighted by Gasteiger charge is 2.18. The summed E-state index contributed by atoms with van der Waals surface area (Å²) in [5.41, 5.74) is 1.37. The molecule has 0 bridgehead atoms. The van der Waals surface area contributed by atoms with Crippen LogP contribution < -0.4 is 10.9 Å². The van der Waals surface area contributed by atoms with Gasteiger partial charge >= 0.3 is 0 Å². The van der Waals surface area contributed by atoms with Crippen LogP contribution in [0, 0.1) is 10.1 Å². The van der Waals surface area contributed by atoms with E-state index in [9.17, 15) is 14.9 Å². The minimum Gasteiger partial charge on any atom is -0.379 e. The molecule has 156 valence electrons. The van der Waals surface area contributed by atoms with E-state index >= 15 is 0 Å². The van der Waals surface area contributed by atoms with Crippen LogP contribution >= 0.6 is 0 Å². The third-order valence-corrected chi connectivity index (χ3v) is 5.27. The SMILES string of the molecule is Cn1nc(-c2ccc(NCCN3CCOCC3)c([N+](=O)[O-])c2)c2ccccc2c1=O. The van der Waals surface area contributed by atoms with E-state index in [-0.39, 0.29) is 11.2 Å².